The van der Waals surface area contributed by atoms with Crippen LogP contribution in [-0.2, 0) is 11.8 Å². The van der Waals surface area contributed by atoms with Crippen LogP contribution in [0.3, 0.4) is 0 Å². The van der Waals surface area contributed by atoms with Gasteiger partial charge in [0, 0.05) is 13.1 Å². The monoisotopic (exact) mass is 225 g/mol. The van der Waals surface area contributed by atoms with Crippen molar-refractivity contribution in [3.63, 3.8) is 0 Å². The average Bonchev–Trinajstić information content (AvgIpc) is 2.65. The van der Waals surface area contributed by atoms with Crippen LogP contribution >= 0.6 is 0 Å². The van der Waals surface area contributed by atoms with E-state index in [4.69, 9.17) is 5.11 Å². The third kappa shape index (κ3) is 2.29. The summed E-state index contributed by atoms with van der Waals surface area (Å²) in [5, 5.41) is 23.2. The van der Waals surface area contributed by atoms with E-state index in [1.54, 1.807) is 11.7 Å². The molecule has 7 nitrogen and oxygen atoms in total. The Labute approximate surface area is 92.8 Å². The Bertz CT molecular complexity index is 378. The summed E-state index contributed by atoms with van der Waals surface area (Å²) in [6.45, 7) is 0. The second kappa shape index (κ2) is 4.46. The fourth-order valence-electron chi connectivity index (χ4n) is 2.08. The highest BCUT2D eigenvalue weighted by molar-refractivity contribution is 5.70. The Morgan fingerprint density at radius 1 is 1.56 bits per heavy atom. The van der Waals surface area contributed by atoms with E-state index >= 15 is 0 Å². The summed E-state index contributed by atoms with van der Waals surface area (Å²) in [5.41, 5.74) is 0. The molecular formula is C9H15N5O2. The molecule has 1 aliphatic rings. The molecule has 1 saturated carbocycles. The minimum atomic E-state index is -0.706. The number of aliphatic carboxylic acids is 1. The zero-order valence-corrected chi connectivity index (χ0v) is 9.13. The number of aryl methyl sites for hydroxylation is 1. The van der Waals surface area contributed by atoms with Gasteiger partial charge in [0.05, 0.1) is 5.92 Å². The standard InChI is InChI=1S/C9H15N5O2/c1-14-9(11-12-13-14)10-7-4-2-3-6(5-7)8(15)16/h6-7H,2-5H2,1H3,(H,15,16)(H,10,11,13). The number of carboxylic acid groups (broad SMARTS) is 1. The van der Waals surface area contributed by atoms with E-state index < -0.39 is 5.97 Å². The van der Waals surface area contributed by atoms with Gasteiger partial charge in [-0.05, 0) is 29.7 Å². The van der Waals surface area contributed by atoms with Crippen molar-refractivity contribution in [3.8, 4) is 0 Å². The molecule has 0 radical (unpaired) electrons. The van der Waals surface area contributed by atoms with Gasteiger partial charge in [0.25, 0.3) is 0 Å². The van der Waals surface area contributed by atoms with Crippen molar-refractivity contribution in [2.24, 2.45) is 13.0 Å². The van der Waals surface area contributed by atoms with Crippen molar-refractivity contribution in [3.05, 3.63) is 0 Å². The Kier molecular flexibility index (Phi) is 3.02. The van der Waals surface area contributed by atoms with Crippen LogP contribution < -0.4 is 5.32 Å². The molecule has 1 heterocycles. The molecule has 0 saturated heterocycles. The van der Waals surface area contributed by atoms with E-state index in [0.29, 0.717) is 12.4 Å². The summed E-state index contributed by atoms with van der Waals surface area (Å²) < 4.78 is 1.55. The van der Waals surface area contributed by atoms with Crippen molar-refractivity contribution in [1.82, 2.24) is 20.2 Å². The molecule has 0 aliphatic heterocycles. The molecular weight excluding hydrogens is 210 g/mol. The molecule has 0 amide bonds. The van der Waals surface area contributed by atoms with Crippen LogP contribution in [0.25, 0.3) is 0 Å². The lowest BCUT2D eigenvalue weighted by Crippen LogP contribution is -2.31. The summed E-state index contributed by atoms with van der Waals surface area (Å²) in [6.07, 6.45) is 3.31. The molecule has 0 spiro atoms. The molecule has 2 N–H and O–H groups in total. The predicted octanol–water partition coefficient (Wildman–Crippen LogP) is 0.265. The highest BCUT2D eigenvalue weighted by Gasteiger charge is 2.27. The molecule has 7 heteroatoms. The Balaban J connectivity index is 1.95. The summed E-state index contributed by atoms with van der Waals surface area (Å²) >= 11 is 0. The van der Waals surface area contributed by atoms with Gasteiger partial charge in [-0.2, -0.15) is 0 Å². The normalized spacial score (nSPS) is 25.3. The van der Waals surface area contributed by atoms with Crippen molar-refractivity contribution >= 4 is 11.9 Å². The van der Waals surface area contributed by atoms with Crippen LogP contribution in [0.5, 0.6) is 0 Å². The molecule has 0 bridgehead atoms. The van der Waals surface area contributed by atoms with E-state index in [0.717, 1.165) is 19.3 Å². The van der Waals surface area contributed by atoms with Gasteiger partial charge in [0.2, 0.25) is 5.95 Å². The number of nitrogens with one attached hydrogen (secondary N) is 1. The van der Waals surface area contributed by atoms with E-state index in [2.05, 4.69) is 20.8 Å². The van der Waals surface area contributed by atoms with Gasteiger partial charge in [0.15, 0.2) is 0 Å². The maximum Gasteiger partial charge on any atom is 0.306 e. The van der Waals surface area contributed by atoms with Crippen molar-refractivity contribution in [1.29, 1.82) is 0 Å². The van der Waals surface area contributed by atoms with E-state index in [1.165, 1.54) is 0 Å². The second-order valence-corrected chi connectivity index (χ2v) is 4.17. The van der Waals surface area contributed by atoms with Crippen LogP contribution in [0.2, 0.25) is 0 Å². The van der Waals surface area contributed by atoms with Gasteiger partial charge < -0.3 is 10.4 Å². The molecule has 1 aromatic rings. The van der Waals surface area contributed by atoms with Crippen LogP contribution in [-0.4, -0.2) is 37.3 Å². The molecule has 2 atom stereocenters. The van der Waals surface area contributed by atoms with Gasteiger partial charge in [-0.15, -0.1) is 0 Å². The molecule has 2 unspecified atom stereocenters. The summed E-state index contributed by atoms with van der Waals surface area (Å²) in [4.78, 5) is 10.9. The first-order chi connectivity index (χ1) is 7.66. The third-order valence-electron chi connectivity index (χ3n) is 2.98. The molecule has 1 aromatic heterocycles. The highest BCUT2D eigenvalue weighted by atomic mass is 16.4. The molecule has 16 heavy (non-hydrogen) atoms. The summed E-state index contributed by atoms with van der Waals surface area (Å²) in [6, 6.07) is 0.152. The van der Waals surface area contributed by atoms with E-state index in [9.17, 15) is 4.79 Å². The summed E-state index contributed by atoms with van der Waals surface area (Å²) in [7, 11) is 1.75. The number of anilines is 1. The topological polar surface area (TPSA) is 92.9 Å². The Morgan fingerprint density at radius 2 is 2.38 bits per heavy atom. The number of hydrogen-bond acceptors (Lipinski definition) is 5. The predicted molar refractivity (Wildman–Crippen MR) is 55.8 cm³/mol. The van der Waals surface area contributed by atoms with Crippen LogP contribution in [0.4, 0.5) is 5.95 Å². The number of rotatable bonds is 3. The molecule has 1 fully saturated rings. The Morgan fingerprint density at radius 3 is 3.00 bits per heavy atom. The minimum absolute atomic E-state index is 0.152. The lowest BCUT2D eigenvalue weighted by Gasteiger charge is -2.27. The van der Waals surface area contributed by atoms with Gasteiger partial charge in [-0.3, -0.25) is 4.79 Å². The minimum Gasteiger partial charge on any atom is -0.481 e. The number of carboxylic acids is 1. The number of carbonyl (C=O) groups is 1. The Hall–Kier alpha value is -1.66. The van der Waals surface area contributed by atoms with Crippen molar-refractivity contribution in [2.75, 3.05) is 5.32 Å². The number of tetrazole rings is 1. The first kappa shape index (κ1) is 10.8. The number of aromatic nitrogens is 4. The SMILES string of the molecule is Cn1nnnc1NC1CCCC(C(=O)O)C1. The quantitative estimate of drug-likeness (QED) is 0.766. The lowest BCUT2D eigenvalue weighted by molar-refractivity contribution is -0.142. The first-order valence-corrected chi connectivity index (χ1v) is 5.38. The maximum atomic E-state index is 10.9. The van der Waals surface area contributed by atoms with Crippen molar-refractivity contribution in [2.45, 2.75) is 31.7 Å². The van der Waals surface area contributed by atoms with Gasteiger partial charge in [-0.1, -0.05) is 11.5 Å². The van der Waals surface area contributed by atoms with Crippen LogP contribution in [0.1, 0.15) is 25.7 Å². The van der Waals surface area contributed by atoms with Gasteiger partial charge >= 0.3 is 5.97 Å². The molecule has 88 valence electrons. The molecule has 1 aliphatic carbocycles. The zero-order chi connectivity index (χ0) is 11.5. The zero-order valence-electron chi connectivity index (χ0n) is 9.13. The van der Waals surface area contributed by atoms with Gasteiger partial charge in [-0.25, -0.2) is 4.68 Å². The maximum absolute atomic E-state index is 10.9. The smallest absolute Gasteiger partial charge is 0.306 e. The number of nitrogens with zero attached hydrogens (tertiary/aromatic N) is 4. The van der Waals surface area contributed by atoms with Gasteiger partial charge in [0.1, 0.15) is 0 Å². The van der Waals surface area contributed by atoms with Crippen molar-refractivity contribution < 1.29 is 9.90 Å². The third-order valence-corrected chi connectivity index (χ3v) is 2.98. The fourth-order valence-corrected chi connectivity index (χ4v) is 2.08. The average molecular weight is 225 g/mol. The first-order valence-electron chi connectivity index (χ1n) is 5.38. The second-order valence-electron chi connectivity index (χ2n) is 4.17. The fraction of sp³-hybridized carbons (Fsp3) is 0.778. The summed E-state index contributed by atoms with van der Waals surface area (Å²) in [5.74, 6) is -0.355. The number of hydrogen-bond donors (Lipinski definition) is 2. The highest BCUT2D eigenvalue weighted by Crippen LogP contribution is 2.26. The van der Waals surface area contributed by atoms with E-state index in [1.807, 2.05) is 0 Å². The molecule has 0 aromatic carbocycles. The molecule has 2 rings (SSSR count). The van der Waals surface area contributed by atoms with E-state index in [-0.39, 0.29) is 12.0 Å². The van der Waals surface area contributed by atoms with Crippen LogP contribution in [0, 0.1) is 5.92 Å². The van der Waals surface area contributed by atoms with Crippen LogP contribution in [0.15, 0.2) is 0 Å². The largest absolute Gasteiger partial charge is 0.481 e. The lowest BCUT2D eigenvalue weighted by atomic mass is 9.86.